The molecule has 1 aromatic carbocycles. The van der Waals surface area contributed by atoms with Crippen LogP contribution in [0.25, 0.3) is 5.69 Å². The Kier molecular flexibility index (Phi) is 4.21. The number of nitrogens with one attached hydrogen (secondary N) is 2. The van der Waals surface area contributed by atoms with E-state index in [-0.39, 0.29) is 0 Å². The number of benzene rings is 1. The third-order valence-corrected chi connectivity index (χ3v) is 2.73. The number of hydrogen-bond acceptors (Lipinski definition) is 5. The van der Waals surface area contributed by atoms with Gasteiger partial charge >= 0.3 is 0 Å². The van der Waals surface area contributed by atoms with E-state index in [0.29, 0.717) is 9.54 Å². The van der Waals surface area contributed by atoms with Gasteiger partial charge in [-0.3, -0.25) is 10.2 Å². The summed E-state index contributed by atoms with van der Waals surface area (Å²) in [5, 5.41) is 8.92. The molecule has 9 heteroatoms. The topological polar surface area (TPSA) is 93.2 Å². The zero-order valence-electron chi connectivity index (χ0n) is 9.72. The zero-order valence-corrected chi connectivity index (χ0v) is 11.4. The summed E-state index contributed by atoms with van der Waals surface area (Å²) < 4.78 is 3.95. The quantitative estimate of drug-likeness (QED) is 0.468. The molecule has 4 N–H and O–H groups in total. The number of rotatable bonds is 1. The summed E-state index contributed by atoms with van der Waals surface area (Å²) in [6.07, 6.45) is 2.98. The molecule has 0 unspecified atom stereocenters. The normalized spacial score (nSPS) is 9.68. The van der Waals surface area contributed by atoms with Crippen molar-refractivity contribution in [2.24, 2.45) is 0 Å². The smallest absolute Gasteiger partial charge is 0.220 e. The van der Waals surface area contributed by atoms with Gasteiger partial charge in [-0.05, 0) is 36.6 Å². The van der Waals surface area contributed by atoms with Crippen molar-refractivity contribution in [3.05, 3.63) is 52.5 Å². The van der Waals surface area contributed by atoms with Crippen LogP contribution >= 0.6 is 24.4 Å². The summed E-state index contributed by atoms with van der Waals surface area (Å²) in [6.45, 7) is 0. The largest absolute Gasteiger partial charge is 0.336 e. The lowest BCUT2D eigenvalue weighted by molar-refractivity contribution is 0.866. The Morgan fingerprint density at radius 3 is 2.32 bits per heavy atom. The fourth-order valence-corrected chi connectivity index (χ4v) is 1.58. The minimum atomic E-state index is 0.431. The van der Waals surface area contributed by atoms with E-state index < -0.39 is 0 Å². The Morgan fingerprint density at radius 2 is 1.89 bits per heavy atom. The average Bonchev–Trinajstić information content (AvgIpc) is 3.01. The highest BCUT2D eigenvalue weighted by molar-refractivity contribution is 7.71. The number of hydrogen-bond donors (Lipinski definition) is 3. The van der Waals surface area contributed by atoms with Crippen LogP contribution in [0.5, 0.6) is 0 Å². The second-order valence-electron chi connectivity index (χ2n) is 3.41. The third-order valence-electron chi connectivity index (χ3n) is 2.14. The molecular weight excluding hydrogens is 282 g/mol. The van der Waals surface area contributed by atoms with Gasteiger partial charge in [0.15, 0.2) is 0 Å². The Labute approximate surface area is 118 Å². The first kappa shape index (κ1) is 13.2. The molecular formula is C10H11N7S2. The van der Waals surface area contributed by atoms with Crippen LogP contribution in [0.3, 0.4) is 0 Å². The predicted octanol–water partition coefficient (Wildman–Crippen LogP) is 1.58. The molecule has 2 aromatic heterocycles. The monoisotopic (exact) mass is 293 g/mol. The molecule has 0 spiro atoms. The van der Waals surface area contributed by atoms with Crippen molar-refractivity contribution in [3.63, 3.8) is 0 Å². The lowest BCUT2D eigenvalue weighted by Crippen LogP contribution is -2.05. The van der Waals surface area contributed by atoms with Crippen molar-refractivity contribution in [1.29, 1.82) is 0 Å². The molecule has 0 aliphatic rings. The van der Waals surface area contributed by atoms with Crippen molar-refractivity contribution in [3.8, 4) is 5.69 Å². The van der Waals surface area contributed by atoms with Crippen molar-refractivity contribution in [2.45, 2.75) is 0 Å². The molecule has 0 radical (unpaired) electrons. The van der Waals surface area contributed by atoms with Crippen LogP contribution < -0.4 is 5.84 Å². The molecule has 0 atom stereocenters. The van der Waals surface area contributed by atoms with Gasteiger partial charge in [0.1, 0.15) is 12.7 Å². The molecule has 0 fully saturated rings. The number of aromatic nitrogens is 6. The van der Waals surface area contributed by atoms with Crippen LogP contribution in [0.1, 0.15) is 0 Å². The maximum absolute atomic E-state index is 5.16. The van der Waals surface area contributed by atoms with E-state index in [9.17, 15) is 0 Å². The second kappa shape index (κ2) is 6.07. The number of para-hydroxylation sites is 1. The fraction of sp³-hybridized carbons (Fsp3) is 0. The summed E-state index contributed by atoms with van der Waals surface area (Å²) in [5.74, 6) is 5.16. The highest BCUT2D eigenvalue weighted by Crippen LogP contribution is 2.03. The molecule has 0 saturated heterocycles. The maximum atomic E-state index is 5.16. The zero-order chi connectivity index (χ0) is 13.7. The van der Waals surface area contributed by atoms with E-state index >= 15 is 0 Å². The molecule has 3 aromatic rings. The lowest BCUT2D eigenvalue weighted by Gasteiger charge is -1.98. The van der Waals surface area contributed by atoms with E-state index in [0.717, 1.165) is 5.69 Å². The molecule has 0 aliphatic heterocycles. The average molecular weight is 293 g/mol. The molecule has 0 amide bonds. The Hall–Kier alpha value is -2.26. The first-order valence-corrected chi connectivity index (χ1v) is 6.05. The Bertz CT molecular complexity index is 737. The van der Waals surface area contributed by atoms with Crippen molar-refractivity contribution >= 4 is 24.4 Å². The van der Waals surface area contributed by atoms with Crippen LogP contribution in [0.15, 0.2) is 43.0 Å². The molecule has 0 aliphatic carbocycles. The summed E-state index contributed by atoms with van der Waals surface area (Å²) in [6, 6.07) is 9.81. The summed E-state index contributed by atoms with van der Waals surface area (Å²) in [4.78, 5) is 3.92. The second-order valence-corrected chi connectivity index (χ2v) is 4.16. The van der Waals surface area contributed by atoms with Crippen LogP contribution in [0.4, 0.5) is 0 Å². The van der Waals surface area contributed by atoms with Gasteiger partial charge in [0.05, 0.1) is 5.69 Å². The standard InChI is InChI=1S/C8H7N3S.C2H4N4S/c12-8-9-6-10-11(8)7-4-2-1-3-5-7;3-6-1-4-5-2(6)7/h1-6H,(H,9,10,12);1H,3H2,(H,5,7). The molecule has 7 nitrogen and oxygen atoms in total. The predicted molar refractivity (Wildman–Crippen MR) is 76.3 cm³/mol. The van der Waals surface area contributed by atoms with Crippen LogP contribution in [-0.2, 0) is 0 Å². The number of nitrogen functional groups attached to an aromatic ring is 1. The van der Waals surface area contributed by atoms with Crippen molar-refractivity contribution in [2.75, 3.05) is 5.84 Å². The van der Waals surface area contributed by atoms with Gasteiger partial charge in [0.25, 0.3) is 0 Å². The molecule has 2 heterocycles. The van der Waals surface area contributed by atoms with E-state index in [1.165, 1.54) is 11.0 Å². The van der Waals surface area contributed by atoms with Crippen molar-refractivity contribution < 1.29 is 0 Å². The lowest BCUT2D eigenvalue weighted by atomic mass is 10.3. The number of nitrogens with two attached hydrogens (primary N) is 1. The van der Waals surface area contributed by atoms with Gasteiger partial charge in [-0.15, -0.1) is 0 Å². The summed E-state index contributed by atoms with van der Waals surface area (Å²) >= 11 is 9.59. The Balaban J connectivity index is 0.000000163. The summed E-state index contributed by atoms with van der Waals surface area (Å²) in [7, 11) is 0. The highest BCUT2D eigenvalue weighted by atomic mass is 32.1. The number of nitrogens with zero attached hydrogens (tertiary/aromatic N) is 4. The molecule has 19 heavy (non-hydrogen) atoms. The van der Waals surface area contributed by atoms with E-state index in [2.05, 4.69) is 32.5 Å². The van der Waals surface area contributed by atoms with Crippen LogP contribution in [0, 0.1) is 9.54 Å². The Morgan fingerprint density at radius 1 is 1.16 bits per heavy atom. The number of H-pyrrole nitrogens is 2. The highest BCUT2D eigenvalue weighted by Gasteiger charge is 1.94. The first-order chi connectivity index (χ1) is 9.18. The van der Waals surface area contributed by atoms with E-state index in [1.54, 1.807) is 11.0 Å². The SMILES string of the molecule is Nn1cn[nH]c1=S.S=c1nc[nH]n1-c1ccccc1. The van der Waals surface area contributed by atoms with E-state index in [4.69, 9.17) is 18.1 Å². The molecule has 0 bridgehead atoms. The minimum absolute atomic E-state index is 0.431. The van der Waals surface area contributed by atoms with Gasteiger partial charge in [-0.1, -0.05) is 18.2 Å². The maximum Gasteiger partial charge on any atom is 0.220 e. The molecule has 3 rings (SSSR count). The van der Waals surface area contributed by atoms with Gasteiger partial charge in [0.2, 0.25) is 9.54 Å². The van der Waals surface area contributed by atoms with Gasteiger partial charge in [-0.25, -0.2) is 14.3 Å². The van der Waals surface area contributed by atoms with E-state index in [1.807, 2.05) is 30.3 Å². The fourth-order valence-electron chi connectivity index (χ4n) is 1.27. The van der Waals surface area contributed by atoms with Gasteiger partial charge in [0, 0.05) is 0 Å². The van der Waals surface area contributed by atoms with Gasteiger partial charge in [-0.2, -0.15) is 5.10 Å². The van der Waals surface area contributed by atoms with Gasteiger partial charge < -0.3 is 5.84 Å². The van der Waals surface area contributed by atoms with Crippen LogP contribution in [-0.4, -0.2) is 29.6 Å². The van der Waals surface area contributed by atoms with Crippen LogP contribution in [0.2, 0.25) is 0 Å². The molecule has 0 saturated carbocycles. The minimum Gasteiger partial charge on any atom is -0.336 e. The summed E-state index contributed by atoms with van der Waals surface area (Å²) in [5.41, 5.74) is 1.00. The number of aromatic amines is 2. The first-order valence-electron chi connectivity index (χ1n) is 5.23. The molecule has 98 valence electrons. The third kappa shape index (κ3) is 3.36. The van der Waals surface area contributed by atoms with Crippen molar-refractivity contribution in [1.82, 2.24) is 29.6 Å².